The molecule has 2 radical (unpaired) electrons. The summed E-state index contributed by atoms with van der Waals surface area (Å²) < 4.78 is 68.2. The number of rotatable bonds is 44. The van der Waals surface area contributed by atoms with E-state index in [1.165, 1.54) is 22.3 Å². The molecule has 0 fully saturated rings. The fraction of sp³-hybridized carbons (Fsp3) is 0.270. The molecule has 0 aliphatic heterocycles. The molecule has 18 aromatic rings. The van der Waals surface area contributed by atoms with Gasteiger partial charge in [-0.15, -0.1) is 0 Å². The van der Waals surface area contributed by atoms with Crippen LogP contribution >= 0.6 is 0 Å². The summed E-state index contributed by atoms with van der Waals surface area (Å²) in [6, 6.07) is 97.2. The van der Waals surface area contributed by atoms with Crippen LogP contribution < -0.4 is 18.9 Å². The molecule has 0 unspecified atom stereocenters. The van der Waals surface area contributed by atoms with E-state index in [9.17, 15) is 0 Å². The van der Waals surface area contributed by atoms with Crippen LogP contribution in [0, 0.1) is 41.5 Å². The quantitative estimate of drug-likeness (QED) is 0.0197. The van der Waals surface area contributed by atoms with Gasteiger partial charge in [-0.25, -0.2) is 19.9 Å². The van der Waals surface area contributed by atoms with Crippen LogP contribution in [-0.2, 0) is 72.0 Å². The number of hydrogen-bond donors (Lipinski definition) is 0. The first-order chi connectivity index (χ1) is 66.4. The van der Waals surface area contributed by atoms with Gasteiger partial charge in [-0.05, 0) is 207 Å². The van der Waals surface area contributed by atoms with E-state index in [4.69, 9.17) is 96.7 Å². The number of unbranched alkanes of at least 4 members (excludes halogenated alkanes) is 2. The summed E-state index contributed by atoms with van der Waals surface area (Å²) in [6.07, 6.45) is 6.64. The van der Waals surface area contributed by atoms with Gasteiger partial charge in [0, 0.05) is 168 Å². The maximum Gasteiger partial charge on any atom is 0.119 e. The molecule has 0 aliphatic rings. The number of aromatic nitrogens is 8. The Bertz CT molecular complexity index is 6790. The van der Waals surface area contributed by atoms with Gasteiger partial charge in [-0.3, -0.25) is 19.9 Å². The molecule has 137 heavy (non-hydrogen) atoms. The second-order valence-electron chi connectivity index (χ2n) is 33.4. The zero-order valence-electron chi connectivity index (χ0n) is 78.5. The largest absolute Gasteiger partial charge is 0.491 e. The van der Waals surface area contributed by atoms with Crippen molar-refractivity contribution in [2.24, 2.45) is 0 Å². The molecule has 8 aromatic heterocycles. The van der Waals surface area contributed by atoms with Crippen molar-refractivity contribution in [2.45, 2.75) is 73.6 Å². The maximum atomic E-state index is 5.90. The van der Waals surface area contributed by atoms with E-state index in [0.717, 1.165) is 217 Å². The smallest absolute Gasteiger partial charge is 0.119 e. The van der Waals surface area contributed by atoms with Crippen LogP contribution in [0.5, 0.6) is 23.0 Å². The number of nitrogens with zero attached hydrogens (tertiary/aromatic N) is 8. The third kappa shape index (κ3) is 29.0. The van der Waals surface area contributed by atoms with Crippen molar-refractivity contribution < 1.29 is 91.0 Å². The molecule has 0 aliphatic carbocycles. The van der Waals surface area contributed by atoms with Crippen LogP contribution in [0.25, 0.3) is 143 Å². The minimum absolute atomic E-state index is 0. The fourth-order valence-corrected chi connectivity index (χ4v) is 15.7. The van der Waals surface area contributed by atoms with E-state index in [0.29, 0.717) is 126 Å². The van der Waals surface area contributed by atoms with E-state index in [-0.39, 0.29) is 34.1 Å². The van der Waals surface area contributed by atoms with Gasteiger partial charge in [0.05, 0.1) is 133 Å². The predicted molar refractivity (Wildman–Crippen MR) is 542 cm³/mol. The van der Waals surface area contributed by atoms with Crippen LogP contribution in [0.15, 0.2) is 291 Å². The molecule has 710 valence electrons. The Labute approximate surface area is 822 Å². The fourth-order valence-electron chi connectivity index (χ4n) is 15.7. The first kappa shape index (κ1) is 100. The minimum Gasteiger partial charge on any atom is -0.491 e. The maximum absolute atomic E-state index is 5.90. The van der Waals surface area contributed by atoms with E-state index < -0.39 is 0 Å². The molecule has 0 bridgehead atoms. The minimum atomic E-state index is 0. The van der Waals surface area contributed by atoms with Crippen molar-refractivity contribution in [3.8, 4) is 79.2 Å². The summed E-state index contributed by atoms with van der Waals surface area (Å²) in [7, 11) is 0. The van der Waals surface area contributed by atoms with Gasteiger partial charge in [0.15, 0.2) is 0 Å². The van der Waals surface area contributed by atoms with Crippen LogP contribution in [0.3, 0.4) is 0 Å². The van der Waals surface area contributed by atoms with Crippen molar-refractivity contribution in [3.63, 3.8) is 0 Å². The molecule has 0 saturated heterocycles. The van der Waals surface area contributed by atoms with Gasteiger partial charge >= 0.3 is 0 Å². The van der Waals surface area contributed by atoms with Crippen molar-refractivity contribution in [2.75, 3.05) is 132 Å². The van der Waals surface area contributed by atoms with Gasteiger partial charge in [0.2, 0.25) is 0 Å². The third-order valence-electron chi connectivity index (χ3n) is 23.0. The number of benzene rings is 10. The first-order valence-electron chi connectivity index (χ1n) is 46.8. The van der Waals surface area contributed by atoms with Crippen LogP contribution in [0.1, 0.15) is 65.9 Å². The molecular formula is C115H116Cu2N8O12. The Morgan fingerprint density at radius 1 is 0.182 bits per heavy atom. The van der Waals surface area contributed by atoms with Gasteiger partial charge < -0.3 is 56.8 Å². The SMILES string of the molecule is Cc1ccc(OCCOCCOCCCCOCCCOCCOc2ccc(-c3ccc4ccc5ccc(C)nc5c4n3)cc2)cc1.Cc1ccc(OCCOCCOCCCCOCCOCCOc2ccc(-c3ccc4ccc5cc(-c6cccc(C)c6)cnc5c4n3)cc2)cc1.Cc1ccc2ccc3ccc(-c4cccc(-c5ccc6ccc7ccc(C)nc7c6n5)c4)nc3c2n1.[Cu].[Cu]. The van der Waals surface area contributed by atoms with Crippen molar-refractivity contribution in [1.29, 1.82) is 0 Å². The zero-order valence-corrected chi connectivity index (χ0v) is 80.4. The van der Waals surface area contributed by atoms with E-state index in [1.807, 2.05) is 142 Å². The average Bonchev–Trinajstić information content (AvgIpc) is 0.778. The summed E-state index contributed by atoms with van der Waals surface area (Å²) in [4.78, 5) is 39.3. The molecule has 0 amide bonds. The zero-order chi connectivity index (χ0) is 92.5. The van der Waals surface area contributed by atoms with Gasteiger partial charge in [-0.2, -0.15) is 0 Å². The van der Waals surface area contributed by atoms with E-state index >= 15 is 0 Å². The number of ether oxygens (including phenoxy) is 12. The number of aryl methyl sites for hydroxylation is 6. The average molecular weight is 1930 g/mol. The third-order valence-corrected chi connectivity index (χ3v) is 23.0. The molecule has 0 saturated carbocycles. The summed E-state index contributed by atoms with van der Waals surface area (Å²) >= 11 is 0. The van der Waals surface area contributed by atoms with Gasteiger partial charge in [0.25, 0.3) is 0 Å². The normalized spacial score (nSPS) is 11.3. The molecule has 20 nitrogen and oxygen atoms in total. The Hall–Kier alpha value is -12.6. The number of pyridine rings is 8. The summed E-state index contributed by atoms with van der Waals surface area (Å²) in [5.41, 5.74) is 24.1. The monoisotopic (exact) mass is 1930 g/mol. The summed E-state index contributed by atoms with van der Waals surface area (Å²) in [5.74, 6) is 3.33. The molecular weight excluding hydrogens is 1810 g/mol. The molecule has 0 N–H and O–H groups in total. The Morgan fingerprint density at radius 2 is 0.445 bits per heavy atom. The van der Waals surface area contributed by atoms with Crippen LogP contribution in [0.2, 0.25) is 0 Å². The second-order valence-corrected chi connectivity index (χ2v) is 33.4. The molecule has 22 heteroatoms. The Balaban J connectivity index is 0.000000165. The standard InChI is InChI=1S/C44H48N2O6.C39H46N2O6.C32H22N4.2Cu/c1-33-8-15-40(16-9-33)51-28-26-49-24-22-47-20-3-4-21-48-23-25-50-27-29-52-41-17-12-35(13-18-41)42-19-14-36-10-11-38-31-39(32-45-43(38)44(36)46-42)37-7-5-6-34(2)30-37;1-30-6-15-35(16-7-30)46-29-27-45-25-24-43-21-4-3-20-42-22-5-23-44-26-28-47-36-17-12-32(13-18-36)37-19-14-34-11-10-33-9-8-31(2)40-38(33)39(34)41-37;1-19-6-8-21-10-12-23-14-16-27(35-31(23)29(21)33-19)25-4-3-5-26(18-25)28-17-15-24-13-11-22-9-7-20(2)34-30(22)32(24)36-28;;/h5-19,30-32H,3-4,20-29H2,1-2H3;6-19H,3-5,20-29H2,1-2H3;3-18H,1-2H3;;. The number of hydrogen-bond acceptors (Lipinski definition) is 20. The Kier molecular flexibility index (Phi) is 38.1. The first-order valence-corrected chi connectivity index (χ1v) is 46.8. The number of fused-ring (bicyclic) bond motifs is 12. The molecule has 18 rings (SSSR count). The van der Waals surface area contributed by atoms with Gasteiger partial charge in [0.1, 0.15) is 49.4 Å². The van der Waals surface area contributed by atoms with Crippen LogP contribution in [-0.4, -0.2) is 172 Å². The Morgan fingerprint density at radius 3 is 0.796 bits per heavy atom. The summed E-state index contributed by atoms with van der Waals surface area (Å²) in [6.45, 7) is 24.0. The molecule has 0 spiro atoms. The second kappa shape index (κ2) is 52.1. The van der Waals surface area contributed by atoms with Crippen molar-refractivity contribution in [3.05, 3.63) is 325 Å². The molecule has 10 aromatic carbocycles. The predicted octanol–water partition coefficient (Wildman–Crippen LogP) is 24.6. The van der Waals surface area contributed by atoms with Gasteiger partial charge in [-0.1, -0.05) is 174 Å². The molecule has 0 atom stereocenters. The summed E-state index contributed by atoms with van der Waals surface area (Å²) in [5, 5.41) is 8.70. The topological polar surface area (TPSA) is 214 Å². The van der Waals surface area contributed by atoms with E-state index in [2.05, 4.69) is 191 Å². The van der Waals surface area contributed by atoms with Crippen LogP contribution in [0.4, 0.5) is 0 Å². The van der Waals surface area contributed by atoms with E-state index in [1.54, 1.807) is 0 Å². The van der Waals surface area contributed by atoms with Crippen molar-refractivity contribution in [1.82, 2.24) is 39.9 Å². The van der Waals surface area contributed by atoms with Crippen molar-refractivity contribution >= 4 is 87.2 Å². The molecule has 8 heterocycles.